The van der Waals surface area contributed by atoms with Gasteiger partial charge in [-0.05, 0) is 13.8 Å². The molecule has 5 heteroatoms. The fraction of sp³-hybridized carbons (Fsp3) is 0.882. The zero-order valence-corrected chi connectivity index (χ0v) is 14.6. The molecule has 0 aliphatic carbocycles. The monoisotopic (exact) mass is 316 g/mol. The lowest BCUT2D eigenvalue weighted by atomic mass is 10.2. The summed E-state index contributed by atoms with van der Waals surface area (Å²) in [6, 6.07) is 0. The second-order valence-electron chi connectivity index (χ2n) is 5.29. The minimum absolute atomic E-state index is 0.253. The van der Waals surface area contributed by atoms with Gasteiger partial charge in [-0.1, -0.05) is 25.7 Å². The average molecular weight is 316 g/mol. The zero-order chi connectivity index (χ0) is 16.5. The fourth-order valence-electron chi connectivity index (χ4n) is 1.37. The summed E-state index contributed by atoms with van der Waals surface area (Å²) in [4.78, 5) is 0. The second-order valence-corrected chi connectivity index (χ2v) is 5.29. The Labute approximate surface area is 135 Å². The van der Waals surface area contributed by atoms with Gasteiger partial charge in [0, 0.05) is 5.92 Å². The SMILES string of the molecule is CC(C)C#CCOCCOCCOCCOCCOC(C)C. The Bertz CT molecular complexity index is 281. The smallest absolute Gasteiger partial charge is 0.107 e. The van der Waals surface area contributed by atoms with Crippen LogP contribution in [0, 0.1) is 17.8 Å². The number of rotatable bonds is 14. The number of hydrogen-bond donors (Lipinski definition) is 0. The first kappa shape index (κ1) is 21.4. The highest BCUT2D eigenvalue weighted by Crippen LogP contribution is 1.88. The van der Waals surface area contributed by atoms with E-state index in [1.807, 2.05) is 13.8 Å². The van der Waals surface area contributed by atoms with Gasteiger partial charge >= 0.3 is 0 Å². The van der Waals surface area contributed by atoms with Gasteiger partial charge in [0.2, 0.25) is 0 Å². The molecule has 0 aliphatic rings. The van der Waals surface area contributed by atoms with E-state index in [1.54, 1.807) is 0 Å². The molecular formula is C17H32O5. The van der Waals surface area contributed by atoms with E-state index < -0.39 is 0 Å². The molecule has 0 rings (SSSR count). The van der Waals surface area contributed by atoms with E-state index in [-0.39, 0.29) is 6.10 Å². The summed E-state index contributed by atoms with van der Waals surface area (Å²) in [5, 5.41) is 0. The summed E-state index contributed by atoms with van der Waals surface area (Å²) in [7, 11) is 0. The molecule has 0 spiro atoms. The van der Waals surface area contributed by atoms with Gasteiger partial charge in [0.25, 0.3) is 0 Å². The van der Waals surface area contributed by atoms with Crippen molar-refractivity contribution in [3.63, 3.8) is 0 Å². The highest BCUT2D eigenvalue weighted by atomic mass is 16.6. The topological polar surface area (TPSA) is 46.2 Å². The van der Waals surface area contributed by atoms with Crippen LogP contribution in [0.25, 0.3) is 0 Å². The van der Waals surface area contributed by atoms with Crippen LogP contribution >= 0.6 is 0 Å². The summed E-state index contributed by atoms with van der Waals surface area (Å²) in [5.41, 5.74) is 0. The van der Waals surface area contributed by atoms with Crippen molar-refractivity contribution >= 4 is 0 Å². The van der Waals surface area contributed by atoms with Crippen LogP contribution in [0.4, 0.5) is 0 Å². The molecule has 22 heavy (non-hydrogen) atoms. The third-order valence-electron chi connectivity index (χ3n) is 2.36. The van der Waals surface area contributed by atoms with E-state index >= 15 is 0 Å². The van der Waals surface area contributed by atoms with Crippen LogP contribution < -0.4 is 0 Å². The molecule has 0 aromatic carbocycles. The minimum Gasteiger partial charge on any atom is -0.377 e. The quantitative estimate of drug-likeness (QED) is 0.363. The van der Waals surface area contributed by atoms with E-state index in [2.05, 4.69) is 25.7 Å². The number of ether oxygens (including phenoxy) is 5. The molecule has 0 N–H and O–H groups in total. The Balaban J connectivity index is 3.05. The summed E-state index contributed by atoms with van der Waals surface area (Å²) in [5.74, 6) is 6.39. The maximum Gasteiger partial charge on any atom is 0.107 e. The van der Waals surface area contributed by atoms with E-state index in [4.69, 9.17) is 23.7 Å². The summed E-state index contributed by atoms with van der Waals surface area (Å²) in [6.45, 7) is 13.2. The van der Waals surface area contributed by atoms with Crippen molar-refractivity contribution in [1.82, 2.24) is 0 Å². The largest absolute Gasteiger partial charge is 0.377 e. The Morgan fingerprint density at radius 2 is 1.09 bits per heavy atom. The first-order chi connectivity index (χ1) is 10.6. The van der Waals surface area contributed by atoms with Crippen LogP contribution in [-0.4, -0.2) is 65.6 Å². The molecule has 0 amide bonds. The lowest BCUT2D eigenvalue weighted by Gasteiger charge is -2.08. The van der Waals surface area contributed by atoms with Gasteiger partial charge in [-0.2, -0.15) is 0 Å². The van der Waals surface area contributed by atoms with Crippen molar-refractivity contribution in [2.45, 2.75) is 33.8 Å². The Morgan fingerprint density at radius 3 is 1.55 bits per heavy atom. The summed E-state index contributed by atoms with van der Waals surface area (Å²) < 4.78 is 26.8. The summed E-state index contributed by atoms with van der Waals surface area (Å²) >= 11 is 0. The van der Waals surface area contributed by atoms with Crippen molar-refractivity contribution < 1.29 is 23.7 Å². The van der Waals surface area contributed by atoms with Crippen LogP contribution in [0.2, 0.25) is 0 Å². The van der Waals surface area contributed by atoms with Crippen molar-refractivity contribution in [1.29, 1.82) is 0 Å². The standard InChI is InChI=1S/C17H32O5/c1-16(2)6-5-7-18-8-9-19-10-11-20-12-13-21-14-15-22-17(3)4/h16-17H,7-15H2,1-4H3. The molecule has 0 saturated heterocycles. The van der Waals surface area contributed by atoms with E-state index in [0.717, 1.165) is 0 Å². The minimum atomic E-state index is 0.253. The molecule has 130 valence electrons. The van der Waals surface area contributed by atoms with Gasteiger partial charge in [-0.15, -0.1) is 0 Å². The Hall–Kier alpha value is -0.640. The zero-order valence-electron chi connectivity index (χ0n) is 14.6. The van der Waals surface area contributed by atoms with Gasteiger partial charge in [-0.3, -0.25) is 0 Å². The van der Waals surface area contributed by atoms with Crippen molar-refractivity contribution in [2.75, 3.05) is 59.5 Å². The molecule has 0 unspecified atom stereocenters. The maximum atomic E-state index is 5.38. The van der Waals surface area contributed by atoms with E-state index in [9.17, 15) is 0 Å². The van der Waals surface area contributed by atoms with Crippen LogP contribution in [0.3, 0.4) is 0 Å². The molecule has 0 heterocycles. The van der Waals surface area contributed by atoms with E-state index in [1.165, 1.54) is 0 Å². The van der Waals surface area contributed by atoms with Gasteiger partial charge in [0.05, 0.1) is 59.0 Å². The highest BCUT2D eigenvalue weighted by molar-refractivity contribution is 5.01. The van der Waals surface area contributed by atoms with Crippen LogP contribution in [0.15, 0.2) is 0 Å². The lowest BCUT2D eigenvalue weighted by Crippen LogP contribution is -2.14. The predicted octanol–water partition coefficient (Wildman–Crippen LogP) is 2.14. The van der Waals surface area contributed by atoms with Gasteiger partial charge in [0.15, 0.2) is 0 Å². The highest BCUT2D eigenvalue weighted by Gasteiger charge is 1.94. The number of hydrogen-bond acceptors (Lipinski definition) is 5. The van der Waals surface area contributed by atoms with Gasteiger partial charge < -0.3 is 23.7 Å². The van der Waals surface area contributed by atoms with Crippen LogP contribution in [-0.2, 0) is 23.7 Å². The molecule has 0 bridgehead atoms. The predicted molar refractivity (Wildman–Crippen MR) is 87.0 cm³/mol. The molecule has 0 aliphatic heterocycles. The molecular weight excluding hydrogens is 284 g/mol. The molecule has 0 fully saturated rings. The van der Waals surface area contributed by atoms with Crippen molar-refractivity contribution in [2.24, 2.45) is 5.92 Å². The second kappa shape index (κ2) is 16.7. The first-order valence-electron chi connectivity index (χ1n) is 8.04. The summed E-state index contributed by atoms with van der Waals surface area (Å²) in [6.07, 6.45) is 0.253. The van der Waals surface area contributed by atoms with E-state index in [0.29, 0.717) is 65.4 Å². The first-order valence-corrected chi connectivity index (χ1v) is 8.04. The molecule has 0 aromatic heterocycles. The molecule has 0 aromatic rings. The molecule has 0 saturated carbocycles. The molecule has 5 nitrogen and oxygen atoms in total. The van der Waals surface area contributed by atoms with Gasteiger partial charge in [-0.25, -0.2) is 0 Å². The maximum absolute atomic E-state index is 5.38. The van der Waals surface area contributed by atoms with Crippen LogP contribution in [0.5, 0.6) is 0 Å². The normalized spacial score (nSPS) is 11.0. The third kappa shape index (κ3) is 19.4. The van der Waals surface area contributed by atoms with Gasteiger partial charge in [0.1, 0.15) is 6.61 Å². The third-order valence-corrected chi connectivity index (χ3v) is 2.36. The molecule has 0 atom stereocenters. The molecule has 0 radical (unpaired) electrons. The fourth-order valence-corrected chi connectivity index (χ4v) is 1.37. The van der Waals surface area contributed by atoms with Crippen molar-refractivity contribution in [3.8, 4) is 11.8 Å². The lowest BCUT2D eigenvalue weighted by molar-refractivity contribution is -0.0163. The average Bonchev–Trinajstić information content (AvgIpc) is 2.46. The Morgan fingerprint density at radius 1 is 0.636 bits per heavy atom. The van der Waals surface area contributed by atoms with Crippen molar-refractivity contribution in [3.05, 3.63) is 0 Å². The van der Waals surface area contributed by atoms with Crippen LogP contribution in [0.1, 0.15) is 27.7 Å². The Kier molecular flexibility index (Phi) is 16.2.